The third-order valence-electron chi connectivity index (χ3n) is 1.68. The molecule has 1 atom stereocenters. The van der Waals surface area contributed by atoms with Crippen molar-refractivity contribution in [2.75, 3.05) is 18.5 Å². The van der Waals surface area contributed by atoms with Crippen molar-refractivity contribution in [2.45, 2.75) is 13.0 Å². The largest absolute Gasteiger partial charge is 0.392 e. The summed E-state index contributed by atoms with van der Waals surface area (Å²) in [5.41, 5.74) is 0.274. The standard InChI is InChI=1S/C9H12N4O/c1-7(14)6-13(2)9-8(5-10)11-3-4-12-9/h3-4,7,14H,6H2,1-2H3. The Labute approximate surface area is 82.6 Å². The van der Waals surface area contributed by atoms with Crippen LogP contribution in [0.25, 0.3) is 0 Å². The smallest absolute Gasteiger partial charge is 0.183 e. The molecule has 0 saturated heterocycles. The Bertz CT molecular complexity index is 345. The van der Waals surface area contributed by atoms with Crippen LogP contribution < -0.4 is 4.90 Å². The first-order valence-corrected chi connectivity index (χ1v) is 4.25. The number of aromatic nitrogens is 2. The molecule has 1 aromatic heterocycles. The summed E-state index contributed by atoms with van der Waals surface area (Å²) in [5, 5.41) is 17.9. The maximum absolute atomic E-state index is 9.17. The summed E-state index contributed by atoms with van der Waals surface area (Å²) in [5.74, 6) is 0.496. The molecule has 0 bridgehead atoms. The lowest BCUT2D eigenvalue weighted by Gasteiger charge is -2.19. The van der Waals surface area contributed by atoms with E-state index in [9.17, 15) is 5.11 Å². The van der Waals surface area contributed by atoms with E-state index < -0.39 is 6.10 Å². The van der Waals surface area contributed by atoms with Crippen molar-refractivity contribution in [1.29, 1.82) is 5.26 Å². The highest BCUT2D eigenvalue weighted by Gasteiger charge is 2.10. The van der Waals surface area contributed by atoms with Gasteiger partial charge in [-0.25, -0.2) is 9.97 Å². The van der Waals surface area contributed by atoms with Crippen molar-refractivity contribution in [3.8, 4) is 6.07 Å². The molecule has 5 nitrogen and oxygen atoms in total. The number of likely N-dealkylation sites (N-methyl/N-ethyl adjacent to an activating group) is 1. The van der Waals surface area contributed by atoms with Gasteiger partial charge in [0.25, 0.3) is 0 Å². The van der Waals surface area contributed by atoms with Crippen LogP contribution >= 0.6 is 0 Å². The second-order valence-electron chi connectivity index (χ2n) is 3.07. The third-order valence-corrected chi connectivity index (χ3v) is 1.68. The lowest BCUT2D eigenvalue weighted by molar-refractivity contribution is 0.201. The summed E-state index contributed by atoms with van der Waals surface area (Å²) in [6, 6.07) is 1.95. The molecule has 1 unspecified atom stereocenters. The minimum atomic E-state index is -0.464. The van der Waals surface area contributed by atoms with Gasteiger partial charge < -0.3 is 10.0 Å². The van der Waals surface area contributed by atoms with E-state index >= 15 is 0 Å². The van der Waals surface area contributed by atoms with Gasteiger partial charge in [0.2, 0.25) is 0 Å². The molecule has 1 rings (SSSR count). The number of rotatable bonds is 3. The fourth-order valence-electron chi connectivity index (χ4n) is 1.17. The SMILES string of the molecule is CC(O)CN(C)c1nccnc1C#N. The van der Waals surface area contributed by atoms with Crippen LogP contribution in [0.2, 0.25) is 0 Å². The van der Waals surface area contributed by atoms with Gasteiger partial charge in [0, 0.05) is 26.0 Å². The Kier molecular flexibility index (Phi) is 3.37. The minimum absolute atomic E-state index is 0.274. The number of aliphatic hydroxyl groups excluding tert-OH is 1. The van der Waals surface area contributed by atoms with E-state index in [0.717, 1.165) is 0 Å². The highest BCUT2D eigenvalue weighted by molar-refractivity contribution is 5.48. The third kappa shape index (κ3) is 2.41. The summed E-state index contributed by atoms with van der Waals surface area (Å²) in [7, 11) is 1.76. The molecule has 0 aliphatic rings. The molecule has 74 valence electrons. The van der Waals surface area contributed by atoms with Crippen molar-refractivity contribution in [2.24, 2.45) is 0 Å². The van der Waals surface area contributed by atoms with E-state index in [0.29, 0.717) is 12.4 Å². The summed E-state index contributed by atoms with van der Waals surface area (Å²) in [4.78, 5) is 9.62. The molecule has 0 aliphatic heterocycles. The Hall–Kier alpha value is -1.67. The number of nitriles is 1. The lowest BCUT2D eigenvalue weighted by Crippen LogP contribution is -2.28. The quantitative estimate of drug-likeness (QED) is 0.738. The molecule has 1 heterocycles. The van der Waals surface area contributed by atoms with Crippen LogP contribution in [0.4, 0.5) is 5.82 Å². The van der Waals surface area contributed by atoms with Gasteiger partial charge in [-0.05, 0) is 6.92 Å². The zero-order valence-electron chi connectivity index (χ0n) is 8.18. The van der Waals surface area contributed by atoms with Gasteiger partial charge in [-0.1, -0.05) is 0 Å². The van der Waals surface area contributed by atoms with E-state index in [4.69, 9.17) is 5.26 Å². The number of aliphatic hydroxyl groups is 1. The monoisotopic (exact) mass is 192 g/mol. The highest BCUT2D eigenvalue weighted by Crippen LogP contribution is 2.11. The average Bonchev–Trinajstić information content (AvgIpc) is 2.16. The van der Waals surface area contributed by atoms with Crippen LogP contribution in [-0.4, -0.2) is 34.8 Å². The second-order valence-corrected chi connectivity index (χ2v) is 3.07. The van der Waals surface area contributed by atoms with E-state index in [-0.39, 0.29) is 5.69 Å². The van der Waals surface area contributed by atoms with Gasteiger partial charge >= 0.3 is 0 Å². The van der Waals surface area contributed by atoms with Gasteiger partial charge in [0.1, 0.15) is 6.07 Å². The molecular formula is C9H12N4O. The average molecular weight is 192 g/mol. The topological polar surface area (TPSA) is 73.0 Å². The first kappa shape index (κ1) is 10.4. The molecule has 0 amide bonds. The van der Waals surface area contributed by atoms with Gasteiger partial charge in [-0.3, -0.25) is 0 Å². The Morgan fingerprint density at radius 1 is 1.57 bits per heavy atom. The van der Waals surface area contributed by atoms with Crippen molar-refractivity contribution in [3.05, 3.63) is 18.1 Å². The summed E-state index contributed by atoms with van der Waals surface area (Å²) >= 11 is 0. The maximum Gasteiger partial charge on any atom is 0.183 e. The molecule has 0 radical (unpaired) electrons. The van der Waals surface area contributed by atoms with E-state index in [1.54, 1.807) is 18.9 Å². The van der Waals surface area contributed by atoms with Crippen molar-refractivity contribution in [3.63, 3.8) is 0 Å². The van der Waals surface area contributed by atoms with Crippen LogP contribution in [0.1, 0.15) is 12.6 Å². The second kappa shape index (κ2) is 4.53. The Morgan fingerprint density at radius 2 is 2.21 bits per heavy atom. The lowest BCUT2D eigenvalue weighted by atomic mass is 10.3. The highest BCUT2D eigenvalue weighted by atomic mass is 16.3. The number of hydrogen-bond donors (Lipinski definition) is 1. The molecular weight excluding hydrogens is 180 g/mol. The number of anilines is 1. The van der Waals surface area contributed by atoms with Gasteiger partial charge in [-0.2, -0.15) is 5.26 Å². The molecule has 0 spiro atoms. The molecule has 0 aliphatic carbocycles. The molecule has 1 N–H and O–H groups in total. The van der Waals surface area contributed by atoms with E-state index in [1.807, 2.05) is 6.07 Å². The van der Waals surface area contributed by atoms with Gasteiger partial charge in [0.15, 0.2) is 11.5 Å². The minimum Gasteiger partial charge on any atom is -0.392 e. The molecule has 14 heavy (non-hydrogen) atoms. The molecule has 0 fully saturated rings. The van der Waals surface area contributed by atoms with Crippen molar-refractivity contribution < 1.29 is 5.11 Å². The predicted molar refractivity (Wildman–Crippen MR) is 51.7 cm³/mol. The predicted octanol–water partition coefficient (Wildman–Crippen LogP) is 0.165. The normalized spacial score (nSPS) is 11.9. The van der Waals surface area contributed by atoms with E-state index in [2.05, 4.69) is 9.97 Å². The van der Waals surface area contributed by atoms with E-state index in [1.165, 1.54) is 12.4 Å². The fourth-order valence-corrected chi connectivity index (χ4v) is 1.17. The van der Waals surface area contributed by atoms with Crippen LogP contribution in [0, 0.1) is 11.3 Å². The molecule has 1 aromatic rings. The van der Waals surface area contributed by atoms with Gasteiger partial charge in [-0.15, -0.1) is 0 Å². The Morgan fingerprint density at radius 3 is 2.79 bits per heavy atom. The zero-order chi connectivity index (χ0) is 10.6. The Balaban J connectivity index is 2.89. The van der Waals surface area contributed by atoms with Crippen LogP contribution in [0.5, 0.6) is 0 Å². The number of hydrogen-bond acceptors (Lipinski definition) is 5. The summed E-state index contributed by atoms with van der Waals surface area (Å²) in [6.07, 6.45) is 2.53. The first-order valence-electron chi connectivity index (χ1n) is 4.25. The van der Waals surface area contributed by atoms with Crippen LogP contribution in [-0.2, 0) is 0 Å². The summed E-state index contributed by atoms with van der Waals surface area (Å²) < 4.78 is 0. The summed E-state index contributed by atoms with van der Waals surface area (Å²) in [6.45, 7) is 2.10. The van der Waals surface area contributed by atoms with Crippen molar-refractivity contribution >= 4 is 5.82 Å². The molecule has 5 heteroatoms. The molecule has 0 aromatic carbocycles. The maximum atomic E-state index is 9.17. The number of nitrogens with zero attached hydrogens (tertiary/aromatic N) is 4. The first-order chi connectivity index (χ1) is 6.65. The zero-order valence-corrected chi connectivity index (χ0v) is 8.18. The van der Waals surface area contributed by atoms with Crippen molar-refractivity contribution in [1.82, 2.24) is 9.97 Å². The van der Waals surface area contributed by atoms with Crippen LogP contribution in [0.15, 0.2) is 12.4 Å². The fraction of sp³-hybridized carbons (Fsp3) is 0.444. The molecule has 0 saturated carbocycles. The van der Waals surface area contributed by atoms with Gasteiger partial charge in [0.05, 0.1) is 6.10 Å². The van der Waals surface area contributed by atoms with Crippen LogP contribution in [0.3, 0.4) is 0 Å².